The summed E-state index contributed by atoms with van der Waals surface area (Å²) in [6.07, 6.45) is 8.21. The van der Waals surface area contributed by atoms with Gasteiger partial charge in [-0.25, -0.2) is 0 Å². The molecule has 3 nitrogen and oxygen atoms in total. The van der Waals surface area contributed by atoms with E-state index in [0.717, 1.165) is 25.7 Å². The SMILES string of the molecule is Cc1cc2c3c(c1)N(c1ccc(C(C)(C)C)cc1-c1ccccc1)c1cc4c(cc1B3c1ccc3cc1N2c1cc2c(cc1C)C(C)(C)CCC2(C)C1CCC2(C)c5cc(-c6ccccc6C)ccc5N3C2(C)C1)C(C)(C)CCC4(C)C. The molecule has 4 atom stereocenters. The summed E-state index contributed by atoms with van der Waals surface area (Å²) in [5.74, 6) is 0.507. The summed E-state index contributed by atoms with van der Waals surface area (Å²) in [5.41, 5.74) is 32.7. The Morgan fingerprint density at radius 3 is 1.78 bits per heavy atom. The van der Waals surface area contributed by atoms with Crippen LogP contribution in [0.2, 0.25) is 0 Å². The Balaban J connectivity index is 1.06. The topological polar surface area (TPSA) is 9.72 Å². The van der Waals surface area contributed by atoms with Crippen molar-refractivity contribution in [2.75, 3.05) is 14.7 Å². The van der Waals surface area contributed by atoms with Crippen LogP contribution in [-0.2, 0) is 32.5 Å². The van der Waals surface area contributed by atoms with E-state index in [1.54, 1.807) is 11.1 Å². The molecule has 0 spiro atoms. The van der Waals surface area contributed by atoms with Gasteiger partial charge in [0.25, 0.3) is 6.71 Å². The number of hydrogen-bond acceptors (Lipinski definition) is 3. The first-order valence-electron chi connectivity index (χ1n) is 31.3. The predicted molar refractivity (Wildman–Crippen MR) is 351 cm³/mol. The van der Waals surface area contributed by atoms with Crippen molar-refractivity contribution in [3.8, 4) is 22.3 Å². The molecule has 1 fully saturated rings. The average Bonchev–Trinajstić information content (AvgIpc) is 2.69. The number of anilines is 8. The zero-order valence-corrected chi connectivity index (χ0v) is 51.8. The number of hydrogen-bond donors (Lipinski definition) is 0. The summed E-state index contributed by atoms with van der Waals surface area (Å²) in [7, 11) is 0. The Kier molecular flexibility index (Phi) is 10.8. The second kappa shape index (κ2) is 17.0. The van der Waals surface area contributed by atoms with E-state index in [0.29, 0.717) is 5.92 Å². The molecule has 3 aliphatic carbocycles. The van der Waals surface area contributed by atoms with Gasteiger partial charge in [-0.15, -0.1) is 0 Å². The van der Waals surface area contributed by atoms with Gasteiger partial charge in [-0.3, -0.25) is 0 Å². The molecule has 4 heteroatoms. The molecule has 8 aromatic rings. The maximum absolute atomic E-state index is 2.88. The zero-order valence-electron chi connectivity index (χ0n) is 51.8. The molecule has 0 saturated heterocycles. The first-order chi connectivity index (χ1) is 38.8. The molecule has 4 heterocycles. The van der Waals surface area contributed by atoms with Gasteiger partial charge < -0.3 is 14.7 Å². The van der Waals surface area contributed by atoms with Crippen molar-refractivity contribution in [3.63, 3.8) is 0 Å². The van der Waals surface area contributed by atoms with Crippen molar-refractivity contribution < 1.29 is 0 Å². The molecule has 0 radical (unpaired) electrons. The van der Waals surface area contributed by atoms with Gasteiger partial charge in [0.1, 0.15) is 0 Å². The van der Waals surface area contributed by atoms with Crippen LogP contribution in [0.3, 0.4) is 0 Å². The first kappa shape index (κ1) is 52.1. The van der Waals surface area contributed by atoms with Gasteiger partial charge in [0.15, 0.2) is 0 Å². The van der Waals surface area contributed by atoms with Crippen molar-refractivity contribution in [2.45, 2.75) is 187 Å². The van der Waals surface area contributed by atoms with Crippen LogP contribution in [0.1, 0.15) is 178 Å². The predicted octanol–water partition coefficient (Wildman–Crippen LogP) is 19.0. The minimum Gasteiger partial charge on any atom is -0.334 e. The molecule has 0 N–H and O–H groups in total. The van der Waals surface area contributed by atoms with E-state index in [9.17, 15) is 0 Å². The first-order valence-corrected chi connectivity index (χ1v) is 31.3. The summed E-state index contributed by atoms with van der Waals surface area (Å²) in [6.45, 7) is 37.2. The number of rotatable bonds is 3. The molecule has 15 rings (SSSR count). The number of fused-ring (bicyclic) bond motifs is 14. The maximum Gasteiger partial charge on any atom is 0.252 e. The minimum absolute atomic E-state index is 0.00482. The molecule has 4 unspecified atom stereocenters. The lowest BCUT2D eigenvalue weighted by atomic mass is 9.33. The highest BCUT2D eigenvalue weighted by atomic mass is 15.3. The van der Waals surface area contributed by atoms with Crippen molar-refractivity contribution in [1.82, 2.24) is 0 Å². The highest BCUT2D eigenvalue weighted by molar-refractivity contribution is 7.00. The third kappa shape index (κ3) is 7.02. The Bertz CT molecular complexity index is 4060. The highest BCUT2D eigenvalue weighted by Gasteiger charge is 2.62. The quantitative estimate of drug-likeness (QED) is 0.163. The van der Waals surface area contributed by atoms with E-state index < -0.39 is 0 Å². The molecule has 0 aromatic heterocycles. The third-order valence-corrected chi connectivity index (χ3v) is 23.3. The van der Waals surface area contributed by atoms with E-state index in [1.807, 2.05) is 0 Å². The molecule has 6 bridgehead atoms. The Labute approximate surface area is 491 Å². The van der Waals surface area contributed by atoms with Gasteiger partial charge in [-0.2, -0.15) is 0 Å². The Hall–Kier alpha value is -6.78. The van der Waals surface area contributed by atoms with E-state index >= 15 is 0 Å². The molecular formula is C78H84BN3. The standard InChI is InChI=1S/C78H84BN3/c1-47-37-69-71-70(38-47)81-66-45-60-57(39-49(66)3)75(11,12)35-36-76(60,13)53-31-32-77(14)61-40-51(55-24-20-19-21-48(55)2)25-29-65(61)82(78(77,15)46-53)54-27-28-62(67(81)42-54)79(71)63-43-58-59(74(9,10)34-33-73(58,7)8)44-68(63)80(69)64-30-26-52(72(4,5)6)41-56(64)50-22-17-16-18-23-50/h16-30,37-45,53H,31-36,46H2,1-15H3. The summed E-state index contributed by atoms with van der Waals surface area (Å²) in [4.78, 5) is 8.40. The number of aryl methyl sites for hydroxylation is 3. The lowest BCUT2D eigenvalue weighted by Gasteiger charge is -2.58. The molecular weight excluding hydrogens is 990 g/mol. The van der Waals surface area contributed by atoms with E-state index in [4.69, 9.17) is 0 Å². The van der Waals surface area contributed by atoms with Crippen LogP contribution in [0.15, 0.2) is 146 Å². The van der Waals surface area contributed by atoms with Crippen LogP contribution < -0.4 is 31.1 Å². The van der Waals surface area contributed by atoms with Gasteiger partial charge >= 0.3 is 0 Å². The normalized spacial score (nSPS) is 24.4. The fourth-order valence-electron chi connectivity index (χ4n) is 17.9. The van der Waals surface area contributed by atoms with Crippen LogP contribution in [0, 0.1) is 26.7 Å². The fraction of sp³-hybridized carbons (Fsp3) is 0.385. The molecule has 1 saturated carbocycles. The van der Waals surface area contributed by atoms with Crippen LogP contribution >= 0.6 is 0 Å². The molecule has 4 aliphatic heterocycles. The Morgan fingerprint density at radius 1 is 0.451 bits per heavy atom. The van der Waals surface area contributed by atoms with Crippen molar-refractivity contribution in [2.24, 2.45) is 5.92 Å². The van der Waals surface area contributed by atoms with Gasteiger partial charge in [-0.05, 0) is 249 Å². The van der Waals surface area contributed by atoms with Crippen molar-refractivity contribution in [3.05, 3.63) is 196 Å². The molecule has 0 amide bonds. The molecule has 82 heavy (non-hydrogen) atoms. The summed E-state index contributed by atoms with van der Waals surface area (Å²) < 4.78 is 0. The monoisotopic (exact) mass is 1070 g/mol. The van der Waals surface area contributed by atoms with Gasteiger partial charge in [-0.1, -0.05) is 161 Å². The average molecular weight is 1070 g/mol. The van der Waals surface area contributed by atoms with E-state index in [-0.39, 0.29) is 44.7 Å². The third-order valence-electron chi connectivity index (χ3n) is 23.3. The van der Waals surface area contributed by atoms with E-state index in [2.05, 4.69) is 264 Å². The Morgan fingerprint density at radius 2 is 1.07 bits per heavy atom. The lowest BCUT2D eigenvalue weighted by Crippen LogP contribution is -2.62. The number of benzene rings is 8. The summed E-state index contributed by atoms with van der Waals surface area (Å²) >= 11 is 0. The van der Waals surface area contributed by atoms with Gasteiger partial charge in [0.2, 0.25) is 0 Å². The van der Waals surface area contributed by atoms with E-state index in [1.165, 1.54) is 142 Å². The van der Waals surface area contributed by atoms with Crippen molar-refractivity contribution >= 4 is 68.6 Å². The fourth-order valence-corrected chi connectivity index (χ4v) is 17.9. The highest BCUT2D eigenvalue weighted by Crippen LogP contribution is 2.66. The molecule has 8 aromatic carbocycles. The second-order valence-corrected chi connectivity index (χ2v) is 30.5. The lowest BCUT2D eigenvalue weighted by molar-refractivity contribution is 0.0840. The summed E-state index contributed by atoms with van der Waals surface area (Å²) in [5, 5.41) is 0. The van der Waals surface area contributed by atoms with Crippen molar-refractivity contribution in [1.29, 1.82) is 0 Å². The number of nitrogens with zero attached hydrogens (tertiary/aromatic N) is 3. The zero-order chi connectivity index (χ0) is 57.2. The van der Waals surface area contributed by atoms with Gasteiger partial charge in [0, 0.05) is 50.8 Å². The minimum atomic E-state index is -0.185. The summed E-state index contributed by atoms with van der Waals surface area (Å²) in [6, 6.07) is 58.9. The van der Waals surface area contributed by atoms with Crippen LogP contribution in [0.4, 0.5) is 45.5 Å². The maximum atomic E-state index is 2.88. The molecule has 414 valence electrons. The smallest absolute Gasteiger partial charge is 0.252 e. The molecule has 7 aliphatic rings. The van der Waals surface area contributed by atoms with Crippen LogP contribution in [0.25, 0.3) is 22.3 Å². The second-order valence-electron chi connectivity index (χ2n) is 30.5. The van der Waals surface area contributed by atoms with Crippen LogP contribution in [-0.4, -0.2) is 12.3 Å². The van der Waals surface area contributed by atoms with Gasteiger partial charge in [0.05, 0.1) is 11.2 Å². The van der Waals surface area contributed by atoms with Crippen LogP contribution in [0.5, 0.6) is 0 Å². The largest absolute Gasteiger partial charge is 0.334 e.